The highest BCUT2D eigenvalue weighted by Crippen LogP contribution is 2.87. The third kappa shape index (κ3) is 1.37. The normalized spacial score (nSPS) is 50.9. The number of halogens is 2. The molecule has 0 aromatic rings. The molecule has 19 heavy (non-hydrogen) atoms. The van der Waals surface area contributed by atoms with Crippen LogP contribution in [-0.4, -0.2) is 10.1 Å². The van der Waals surface area contributed by atoms with E-state index >= 15 is 0 Å². The number of rotatable bonds is 0. The Balaban J connectivity index is 2.16. The second kappa shape index (κ2) is 3.71. The van der Waals surface area contributed by atoms with Gasteiger partial charge >= 0.3 is 0 Å². The van der Waals surface area contributed by atoms with Gasteiger partial charge in [0.15, 0.2) is 0 Å². The summed E-state index contributed by atoms with van der Waals surface area (Å²) in [4.78, 5) is 12.9. The van der Waals surface area contributed by atoms with Gasteiger partial charge in [-0.05, 0) is 31.1 Å². The lowest BCUT2D eigenvalue weighted by molar-refractivity contribution is -0.138. The van der Waals surface area contributed by atoms with E-state index in [1.54, 1.807) is 0 Å². The molecule has 0 N–H and O–H groups in total. The largest absolute Gasteiger partial charge is 0.299 e. The molecule has 0 aliphatic heterocycles. The molecule has 0 radical (unpaired) electrons. The predicted octanol–water partition coefficient (Wildman–Crippen LogP) is 4.99. The number of carbonyl (C=O) groups excluding carboxylic acids is 1. The minimum atomic E-state index is -0.710. The van der Waals surface area contributed by atoms with E-state index in [0.29, 0.717) is 5.78 Å². The van der Waals surface area contributed by atoms with E-state index in [1.165, 1.54) is 0 Å². The first-order valence-electron chi connectivity index (χ1n) is 7.53. The fourth-order valence-corrected chi connectivity index (χ4v) is 6.71. The highest BCUT2D eigenvalue weighted by molar-refractivity contribution is 6.52. The summed E-state index contributed by atoms with van der Waals surface area (Å²) in [6.45, 7) is 8.76. The van der Waals surface area contributed by atoms with Crippen molar-refractivity contribution in [2.24, 2.45) is 28.1 Å². The van der Waals surface area contributed by atoms with Crippen LogP contribution in [-0.2, 0) is 4.79 Å². The third-order valence-corrected chi connectivity index (χ3v) is 8.20. The summed E-state index contributed by atoms with van der Waals surface area (Å²) in [5, 5.41) is 0. The minimum absolute atomic E-state index is 0.0229. The highest BCUT2D eigenvalue weighted by Gasteiger charge is 2.88. The Labute approximate surface area is 126 Å². The van der Waals surface area contributed by atoms with Crippen molar-refractivity contribution in [1.82, 2.24) is 0 Å². The second-order valence-corrected chi connectivity index (χ2v) is 9.32. The van der Waals surface area contributed by atoms with Crippen molar-refractivity contribution in [3.05, 3.63) is 0 Å². The Morgan fingerprint density at radius 1 is 1.11 bits per heavy atom. The molecule has 1 spiro atoms. The van der Waals surface area contributed by atoms with Gasteiger partial charge < -0.3 is 0 Å². The molecule has 3 aliphatic carbocycles. The van der Waals surface area contributed by atoms with Crippen LogP contribution in [0.3, 0.4) is 0 Å². The lowest BCUT2D eigenvalue weighted by Gasteiger charge is -2.44. The van der Waals surface area contributed by atoms with Crippen molar-refractivity contribution in [2.75, 3.05) is 0 Å². The Morgan fingerprint density at radius 3 is 2.37 bits per heavy atom. The summed E-state index contributed by atoms with van der Waals surface area (Å²) in [5.74, 6) is 0.612. The first-order valence-corrected chi connectivity index (χ1v) is 8.29. The van der Waals surface area contributed by atoms with Crippen molar-refractivity contribution >= 4 is 29.0 Å². The molecule has 0 aromatic heterocycles. The van der Waals surface area contributed by atoms with Gasteiger partial charge in [-0.3, -0.25) is 4.79 Å². The van der Waals surface area contributed by atoms with E-state index in [-0.39, 0.29) is 28.1 Å². The van der Waals surface area contributed by atoms with Crippen LogP contribution in [0, 0.1) is 28.1 Å². The standard InChI is InChI=1S/C16H24Cl2O/c1-10-6-9-15-12(11(10)19)13(2,3)7-5-8-14(15,4)16(15,17)18/h10,12H,5-9H2,1-4H3/t10-,12+,14-,15+/m1/s1. The van der Waals surface area contributed by atoms with Gasteiger partial charge in [-0.15, -0.1) is 23.2 Å². The van der Waals surface area contributed by atoms with E-state index < -0.39 is 4.33 Å². The average molecular weight is 303 g/mol. The van der Waals surface area contributed by atoms with Gasteiger partial charge in [-0.2, -0.15) is 0 Å². The number of hydrogen-bond donors (Lipinski definition) is 0. The number of alkyl halides is 2. The molecule has 0 amide bonds. The number of hydrogen-bond acceptors (Lipinski definition) is 1. The maximum Gasteiger partial charge on any atom is 0.139 e. The molecular weight excluding hydrogens is 279 g/mol. The zero-order chi connectivity index (χ0) is 14.3. The third-order valence-electron chi connectivity index (χ3n) is 6.69. The Morgan fingerprint density at radius 2 is 1.74 bits per heavy atom. The molecular formula is C16H24Cl2O. The van der Waals surface area contributed by atoms with Crippen molar-refractivity contribution in [2.45, 2.75) is 64.1 Å². The van der Waals surface area contributed by atoms with E-state index in [0.717, 1.165) is 32.1 Å². The fourth-order valence-electron chi connectivity index (χ4n) is 5.46. The van der Waals surface area contributed by atoms with Gasteiger partial charge in [0, 0.05) is 22.7 Å². The van der Waals surface area contributed by atoms with Gasteiger partial charge in [0.05, 0.1) is 0 Å². The SMILES string of the molecule is C[C@@H]1CC[C@]23[C@@H](C1=O)C(C)(C)CCC[C@@]2(C)C3(Cl)Cl. The summed E-state index contributed by atoms with van der Waals surface area (Å²) in [7, 11) is 0. The smallest absolute Gasteiger partial charge is 0.139 e. The molecule has 3 rings (SSSR count). The first-order chi connectivity index (χ1) is 8.62. The Bertz CT molecular complexity index is 442. The van der Waals surface area contributed by atoms with E-state index in [2.05, 4.69) is 27.7 Å². The number of Topliss-reactive ketones (excluding diaryl/α,β-unsaturated/α-hetero) is 1. The van der Waals surface area contributed by atoms with E-state index in [1.807, 2.05) is 0 Å². The van der Waals surface area contributed by atoms with Gasteiger partial charge in [0.1, 0.15) is 10.1 Å². The van der Waals surface area contributed by atoms with Crippen molar-refractivity contribution in [3.63, 3.8) is 0 Å². The summed E-state index contributed by atoms with van der Waals surface area (Å²) in [5.41, 5.74) is -0.223. The highest BCUT2D eigenvalue weighted by atomic mass is 35.5. The summed E-state index contributed by atoms with van der Waals surface area (Å²) >= 11 is 13.5. The second-order valence-electron chi connectivity index (χ2n) is 8.00. The van der Waals surface area contributed by atoms with Crippen molar-refractivity contribution < 1.29 is 4.79 Å². The zero-order valence-corrected chi connectivity index (χ0v) is 13.9. The van der Waals surface area contributed by atoms with Crippen molar-refractivity contribution in [1.29, 1.82) is 0 Å². The van der Waals surface area contributed by atoms with Crippen molar-refractivity contribution in [3.8, 4) is 0 Å². The van der Waals surface area contributed by atoms with Crippen LogP contribution in [0.5, 0.6) is 0 Å². The molecule has 0 heterocycles. The van der Waals surface area contributed by atoms with Crippen LogP contribution >= 0.6 is 23.2 Å². The van der Waals surface area contributed by atoms with Gasteiger partial charge in [-0.25, -0.2) is 0 Å². The Hall–Kier alpha value is 0.250. The molecule has 3 saturated carbocycles. The summed E-state index contributed by atoms with van der Waals surface area (Å²) in [6.07, 6.45) is 5.25. The maximum absolute atomic E-state index is 12.9. The van der Waals surface area contributed by atoms with Crippen LogP contribution < -0.4 is 0 Å². The van der Waals surface area contributed by atoms with Gasteiger partial charge in [-0.1, -0.05) is 34.1 Å². The van der Waals surface area contributed by atoms with Crippen LogP contribution in [0.4, 0.5) is 0 Å². The van der Waals surface area contributed by atoms with Crippen LogP contribution in [0.1, 0.15) is 59.8 Å². The van der Waals surface area contributed by atoms with E-state index in [9.17, 15) is 4.79 Å². The zero-order valence-electron chi connectivity index (χ0n) is 12.4. The predicted molar refractivity (Wildman–Crippen MR) is 79.5 cm³/mol. The Kier molecular flexibility index (Phi) is 2.77. The molecule has 0 saturated heterocycles. The molecule has 3 heteroatoms. The molecule has 108 valence electrons. The molecule has 3 aliphatic rings. The maximum atomic E-state index is 12.9. The monoisotopic (exact) mass is 302 g/mol. The topological polar surface area (TPSA) is 17.1 Å². The molecule has 0 aromatic carbocycles. The van der Waals surface area contributed by atoms with E-state index in [4.69, 9.17) is 23.2 Å². The minimum Gasteiger partial charge on any atom is -0.299 e. The van der Waals surface area contributed by atoms with Crippen LogP contribution in [0.2, 0.25) is 0 Å². The molecule has 0 unspecified atom stereocenters. The summed E-state index contributed by atoms with van der Waals surface area (Å²) in [6, 6.07) is 0. The molecule has 4 atom stereocenters. The first kappa shape index (κ1) is 14.2. The lowest BCUT2D eigenvalue weighted by Crippen LogP contribution is -2.46. The number of carbonyl (C=O) groups is 1. The average Bonchev–Trinajstić information content (AvgIpc) is 2.69. The molecule has 1 nitrogen and oxygen atoms in total. The van der Waals surface area contributed by atoms with Gasteiger partial charge in [0.2, 0.25) is 0 Å². The van der Waals surface area contributed by atoms with Crippen LogP contribution in [0.25, 0.3) is 0 Å². The van der Waals surface area contributed by atoms with Crippen LogP contribution in [0.15, 0.2) is 0 Å². The summed E-state index contributed by atoms with van der Waals surface area (Å²) < 4.78 is -0.710. The van der Waals surface area contributed by atoms with Gasteiger partial charge in [0.25, 0.3) is 0 Å². The molecule has 0 bridgehead atoms. The number of ketones is 1. The fraction of sp³-hybridized carbons (Fsp3) is 0.938. The molecule has 3 fully saturated rings. The quantitative estimate of drug-likeness (QED) is 0.576. The lowest BCUT2D eigenvalue weighted by atomic mass is 9.58.